The van der Waals surface area contributed by atoms with Crippen LogP contribution in [0.3, 0.4) is 0 Å². The van der Waals surface area contributed by atoms with Crippen molar-refractivity contribution in [2.75, 3.05) is 6.54 Å². The second-order valence-corrected chi connectivity index (χ2v) is 5.19. The fourth-order valence-corrected chi connectivity index (χ4v) is 1.99. The molecule has 0 saturated heterocycles. The van der Waals surface area contributed by atoms with Crippen molar-refractivity contribution in [2.45, 2.75) is 39.2 Å². The Hall–Kier alpha value is -1.10. The zero-order chi connectivity index (χ0) is 14.3. The van der Waals surface area contributed by atoms with Crippen LogP contribution in [0.1, 0.15) is 33.1 Å². The van der Waals surface area contributed by atoms with Crippen LogP contribution in [0.25, 0.3) is 0 Å². The standard InChI is InChI=1S/C14H19BrFNO2/c1-3-4-5-8-17-14(18)10(2)19-13-7-6-11(16)9-12(13)15/h6-7,9-10H,3-5,8H2,1-2H3,(H,17,18). The van der Waals surface area contributed by atoms with Gasteiger partial charge in [-0.3, -0.25) is 4.79 Å². The molecule has 0 aliphatic heterocycles. The Bertz CT molecular complexity index is 426. The molecule has 0 aliphatic carbocycles. The quantitative estimate of drug-likeness (QED) is 0.774. The summed E-state index contributed by atoms with van der Waals surface area (Å²) in [6, 6.07) is 4.10. The third-order valence-corrected chi connectivity index (χ3v) is 3.27. The van der Waals surface area contributed by atoms with Gasteiger partial charge in [-0.05, 0) is 47.5 Å². The van der Waals surface area contributed by atoms with Gasteiger partial charge >= 0.3 is 0 Å². The van der Waals surface area contributed by atoms with Crippen molar-refractivity contribution >= 4 is 21.8 Å². The first-order valence-corrected chi connectivity index (χ1v) is 7.23. The van der Waals surface area contributed by atoms with E-state index in [0.29, 0.717) is 16.8 Å². The van der Waals surface area contributed by atoms with Crippen LogP contribution in [0, 0.1) is 5.82 Å². The van der Waals surface area contributed by atoms with Gasteiger partial charge in [0.15, 0.2) is 6.10 Å². The molecule has 0 heterocycles. The Morgan fingerprint density at radius 3 is 2.84 bits per heavy atom. The minimum atomic E-state index is -0.608. The minimum Gasteiger partial charge on any atom is -0.480 e. The van der Waals surface area contributed by atoms with Gasteiger partial charge in [0.1, 0.15) is 11.6 Å². The van der Waals surface area contributed by atoms with Gasteiger partial charge in [0.2, 0.25) is 0 Å². The summed E-state index contributed by atoms with van der Waals surface area (Å²) in [5.41, 5.74) is 0. The largest absolute Gasteiger partial charge is 0.480 e. The molecule has 0 aliphatic rings. The van der Waals surface area contributed by atoms with Gasteiger partial charge in [-0.1, -0.05) is 19.8 Å². The monoisotopic (exact) mass is 331 g/mol. The molecule has 1 aromatic carbocycles. The van der Waals surface area contributed by atoms with Gasteiger partial charge in [-0.25, -0.2) is 4.39 Å². The fourth-order valence-electron chi connectivity index (χ4n) is 1.55. The molecule has 3 nitrogen and oxygen atoms in total. The Kier molecular flexibility index (Phi) is 6.84. The van der Waals surface area contributed by atoms with Crippen LogP contribution in [0.15, 0.2) is 22.7 Å². The van der Waals surface area contributed by atoms with Crippen LogP contribution in [0.2, 0.25) is 0 Å². The van der Waals surface area contributed by atoms with Gasteiger partial charge in [-0.2, -0.15) is 0 Å². The van der Waals surface area contributed by atoms with Crippen molar-refractivity contribution in [3.8, 4) is 5.75 Å². The van der Waals surface area contributed by atoms with E-state index in [9.17, 15) is 9.18 Å². The molecule has 0 aromatic heterocycles. The number of carbonyl (C=O) groups is 1. The molecule has 0 bridgehead atoms. The van der Waals surface area contributed by atoms with Crippen molar-refractivity contribution in [2.24, 2.45) is 0 Å². The molecule has 106 valence electrons. The number of benzene rings is 1. The van der Waals surface area contributed by atoms with Crippen LogP contribution >= 0.6 is 15.9 Å². The highest BCUT2D eigenvalue weighted by atomic mass is 79.9. The highest BCUT2D eigenvalue weighted by Gasteiger charge is 2.15. The van der Waals surface area contributed by atoms with Crippen LogP contribution in [0.5, 0.6) is 5.75 Å². The van der Waals surface area contributed by atoms with Crippen LogP contribution in [-0.4, -0.2) is 18.6 Å². The zero-order valence-electron chi connectivity index (χ0n) is 11.2. The summed E-state index contributed by atoms with van der Waals surface area (Å²) in [6.07, 6.45) is 2.57. The van der Waals surface area contributed by atoms with Gasteiger partial charge in [-0.15, -0.1) is 0 Å². The maximum Gasteiger partial charge on any atom is 0.260 e. The third-order valence-electron chi connectivity index (χ3n) is 2.65. The van der Waals surface area contributed by atoms with Gasteiger partial charge in [0.25, 0.3) is 5.91 Å². The lowest BCUT2D eigenvalue weighted by molar-refractivity contribution is -0.127. The first-order valence-electron chi connectivity index (χ1n) is 6.44. The Morgan fingerprint density at radius 1 is 1.47 bits per heavy atom. The highest BCUT2D eigenvalue weighted by molar-refractivity contribution is 9.10. The molecule has 1 atom stereocenters. The van der Waals surface area contributed by atoms with E-state index in [1.165, 1.54) is 18.2 Å². The molecule has 1 N–H and O–H groups in total. The van der Waals surface area contributed by atoms with E-state index >= 15 is 0 Å². The molecule has 1 rings (SSSR count). The number of amides is 1. The second kappa shape index (κ2) is 8.15. The second-order valence-electron chi connectivity index (χ2n) is 4.33. The van der Waals surface area contributed by atoms with Gasteiger partial charge in [0, 0.05) is 6.54 Å². The molecule has 0 radical (unpaired) electrons. The van der Waals surface area contributed by atoms with Crippen LogP contribution in [-0.2, 0) is 4.79 Å². The number of hydrogen-bond donors (Lipinski definition) is 1. The molecule has 1 unspecified atom stereocenters. The van der Waals surface area contributed by atoms with Crippen molar-refractivity contribution in [3.63, 3.8) is 0 Å². The molecule has 1 amide bonds. The van der Waals surface area contributed by atoms with Crippen molar-refractivity contribution in [1.29, 1.82) is 0 Å². The number of halogens is 2. The number of carbonyl (C=O) groups excluding carboxylic acids is 1. The predicted molar refractivity (Wildman–Crippen MR) is 76.7 cm³/mol. The average Bonchev–Trinajstić information content (AvgIpc) is 2.37. The van der Waals surface area contributed by atoms with Crippen LogP contribution < -0.4 is 10.1 Å². The van der Waals surface area contributed by atoms with E-state index in [2.05, 4.69) is 28.2 Å². The highest BCUT2D eigenvalue weighted by Crippen LogP contribution is 2.26. The van der Waals surface area contributed by atoms with Crippen molar-refractivity contribution < 1.29 is 13.9 Å². The molecule has 19 heavy (non-hydrogen) atoms. The maximum atomic E-state index is 12.9. The summed E-state index contributed by atoms with van der Waals surface area (Å²) in [6.45, 7) is 4.44. The number of nitrogens with one attached hydrogen (secondary N) is 1. The third kappa shape index (κ3) is 5.59. The van der Waals surface area contributed by atoms with Crippen molar-refractivity contribution in [1.82, 2.24) is 5.32 Å². The summed E-state index contributed by atoms with van der Waals surface area (Å²) in [4.78, 5) is 11.8. The zero-order valence-corrected chi connectivity index (χ0v) is 12.8. The number of rotatable bonds is 7. The topological polar surface area (TPSA) is 38.3 Å². The average molecular weight is 332 g/mol. The van der Waals surface area contributed by atoms with Crippen LogP contribution in [0.4, 0.5) is 4.39 Å². The molecular formula is C14H19BrFNO2. The summed E-state index contributed by atoms with van der Waals surface area (Å²) in [7, 11) is 0. The van der Waals surface area contributed by atoms with E-state index in [0.717, 1.165) is 19.3 Å². The number of ether oxygens (including phenoxy) is 1. The Morgan fingerprint density at radius 2 is 2.21 bits per heavy atom. The molecule has 0 spiro atoms. The number of hydrogen-bond acceptors (Lipinski definition) is 2. The SMILES string of the molecule is CCCCCNC(=O)C(C)Oc1ccc(F)cc1Br. The lowest BCUT2D eigenvalue weighted by Gasteiger charge is -2.15. The Balaban J connectivity index is 2.45. The lowest BCUT2D eigenvalue weighted by atomic mass is 10.2. The molecule has 5 heteroatoms. The van der Waals surface area contributed by atoms with Gasteiger partial charge < -0.3 is 10.1 Å². The first-order chi connectivity index (χ1) is 9.04. The number of unbranched alkanes of at least 4 members (excludes halogenated alkanes) is 2. The fraction of sp³-hybridized carbons (Fsp3) is 0.500. The van der Waals surface area contributed by atoms with Crippen molar-refractivity contribution in [3.05, 3.63) is 28.5 Å². The minimum absolute atomic E-state index is 0.160. The molecule has 0 saturated carbocycles. The summed E-state index contributed by atoms with van der Waals surface area (Å²) in [5.74, 6) is -0.0548. The normalized spacial score (nSPS) is 12.0. The molecule has 1 aromatic rings. The summed E-state index contributed by atoms with van der Waals surface area (Å²) < 4.78 is 18.9. The van der Waals surface area contributed by atoms with E-state index in [4.69, 9.17) is 4.74 Å². The van der Waals surface area contributed by atoms with E-state index < -0.39 is 6.10 Å². The van der Waals surface area contributed by atoms with E-state index in [-0.39, 0.29) is 11.7 Å². The van der Waals surface area contributed by atoms with Gasteiger partial charge in [0.05, 0.1) is 4.47 Å². The molecule has 0 fully saturated rings. The van der Waals surface area contributed by atoms with E-state index in [1.54, 1.807) is 6.92 Å². The maximum absolute atomic E-state index is 12.9. The lowest BCUT2D eigenvalue weighted by Crippen LogP contribution is -2.36. The van der Waals surface area contributed by atoms with E-state index in [1.807, 2.05) is 0 Å². The smallest absolute Gasteiger partial charge is 0.260 e. The summed E-state index contributed by atoms with van der Waals surface area (Å²) in [5, 5.41) is 2.82. The first kappa shape index (κ1) is 16.0. The Labute approximate surface area is 121 Å². The summed E-state index contributed by atoms with van der Waals surface area (Å²) >= 11 is 3.20. The molecular weight excluding hydrogens is 313 g/mol. The predicted octanol–water partition coefficient (Wildman–Crippen LogP) is 3.66.